The molecule has 0 aliphatic heterocycles. The van der Waals surface area contributed by atoms with Gasteiger partial charge in [-0.15, -0.1) is 0 Å². The Bertz CT molecular complexity index is 6240. The zero-order valence-corrected chi connectivity index (χ0v) is 77.3. The van der Waals surface area contributed by atoms with Crippen LogP contribution in [0.2, 0.25) is 0 Å². The van der Waals surface area contributed by atoms with Gasteiger partial charge in [0.1, 0.15) is 17.5 Å². The van der Waals surface area contributed by atoms with Crippen LogP contribution >= 0.6 is 15.9 Å². The van der Waals surface area contributed by atoms with E-state index in [9.17, 15) is 14.7 Å². The van der Waals surface area contributed by atoms with Crippen molar-refractivity contribution in [3.63, 3.8) is 0 Å². The average Bonchev–Trinajstić information content (AvgIpc) is 0.785. The van der Waals surface area contributed by atoms with Crippen LogP contribution in [0.5, 0.6) is 0 Å². The third-order valence-corrected chi connectivity index (χ3v) is 20.3. The monoisotopic (exact) mass is 1820 g/mol. The van der Waals surface area contributed by atoms with E-state index in [1.54, 1.807) is 13.1 Å². The van der Waals surface area contributed by atoms with Gasteiger partial charge in [-0.05, 0) is 143 Å². The number of ketones is 1. The van der Waals surface area contributed by atoms with Gasteiger partial charge in [-0.2, -0.15) is 21.9 Å². The van der Waals surface area contributed by atoms with Crippen molar-refractivity contribution in [2.24, 2.45) is 17.2 Å². The average molecular weight is 1830 g/mol. The molecule has 4 heterocycles. The third kappa shape index (κ3) is 28.1. The van der Waals surface area contributed by atoms with Crippen LogP contribution < -0.4 is 72.2 Å². The molecule has 0 amide bonds. The van der Waals surface area contributed by atoms with Gasteiger partial charge >= 0.3 is 23.1 Å². The number of nitrogens with one attached hydrogen (secondary N) is 2. The van der Waals surface area contributed by atoms with Crippen LogP contribution in [0.1, 0.15) is 141 Å². The van der Waals surface area contributed by atoms with Crippen molar-refractivity contribution in [3.8, 4) is 0 Å². The van der Waals surface area contributed by atoms with E-state index in [-0.39, 0.29) is 105 Å². The van der Waals surface area contributed by atoms with Crippen LogP contribution in [0.4, 0.5) is 46.7 Å². The van der Waals surface area contributed by atoms with Crippen molar-refractivity contribution in [2.75, 3.05) is 60.9 Å². The molecule has 0 radical (unpaired) electrons. The molecule has 0 spiro atoms. The number of rotatable bonds is 16. The van der Waals surface area contributed by atoms with E-state index >= 15 is 0 Å². The van der Waals surface area contributed by atoms with Gasteiger partial charge in [-0.25, -0.2) is 34.6 Å². The number of nitrogens with zero attached hydrogens (tertiary/aromatic N) is 12. The number of nitrogen functional groups attached to an aromatic ring is 4. The van der Waals surface area contributed by atoms with Crippen LogP contribution in [-0.2, 0) is 0 Å². The molecule has 27 heteroatoms. The normalized spacial score (nSPS) is 11.0. The van der Waals surface area contributed by atoms with E-state index in [1.165, 1.54) is 73.8 Å². The summed E-state index contributed by atoms with van der Waals surface area (Å²) < 4.78 is 0.400. The minimum atomic E-state index is -0.346. The molecule has 644 valence electrons. The number of halogens is 2. The maximum atomic E-state index is 11.6. The quantitative estimate of drug-likeness (QED) is 0.00817. The SMILES string of the molecule is CCC(=O)c1cccc2ccccc12.CCC(NC)c1cccc2ccccc12.CCC(O)c1cccc2ccccc12.CCC(c1cccc2ccccc12)N(C)c1ncc2c(N)nc(N)nc2n1.CN.N=C(N)N.O=Cc1cccc2ccccc12.[Br-].[C-]#[N+]c1cnc(Br)nc1N.[C-]#[N+]c1cnc(N(C)C(CC)c2cccc3ccccc23)nc1N.[CH2-]C.[Mg+2]. The number of aliphatic hydroxyl groups excluding tert-OH is 1. The molecule has 0 aliphatic carbocycles. The Morgan fingerprint density at radius 3 is 1.25 bits per heavy atom. The maximum Gasteiger partial charge on any atom is 2.00 e. The van der Waals surface area contributed by atoms with Crippen molar-refractivity contribution in [2.45, 2.75) is 97.9 Å². The number of anilines is 6. The van der Waals surface area contributed by atoms with Gasteiger partial charge in [0.2, 0.25) is 29.2 Å². The third-order valence-electron chi connectivity index (χ3n) is 19.9. The van der Waals surface area contributed by atoms with Crippen LogP contribution in [0.15, 0.2) is 278 Å². The Balaban J connectivity index is 0.000000262. The van der Waals surface area contributed by atoms with E-state index in [0.717, 1.165) is 75.6 Å². The Labute approximate surface area is 773 Å². The van der Waals surface area contributed by atoms with Gasteiger partial charge < -0.3 is 84.3 Å². The van der Waals surface area contributed by atoms with Crippen LogP contribution in [0, 0.1) is 25.5 Å². The van der Waals surface area contributed by atoms with E-state index in [4.69, 9.17) is 41.5 Å². The molecule has 12 aromatic carbocycles. The number of hydrogen-bond acceptors (Lipinski definition) is 20. The topological polar surface area (TPSA) is 391 Å². The summed E-state index contributed by atoms with van der Waals surface area (Å²) in [5.41, 5.74) is 43.8. The molecule has 0 fully saturated rings. The zero-order chi connectivity index (χ0) is 90.2. The molecular weight excluding hydrogens is 1720 g/mol. The first-order chi connectivity index (χ1) is 60.1. The molecule has 126 heavy (non-hydrogen) atoms. The molecule has 17 N–H and O–H groups in total. The molecule has 4 unspecified atom stereocenters. The number of carbonyl (C=O) groups excluding carboxylic acids is 2. The molecular formula is C99H109Br2MgN21O3. The zero-order valence-electron chi connectivity index (χ0n) is 72.7. The molecule has 0 aliphatic rings. The number of nitrogens with two attached hydrogens (primary N) is 7. The van der Waals surface area contributed by atoms with E-state index in [2.05, 4.69) is 260 Å². The summed E-state index contributed by atoms with van der Waals surface area (Å²) >= 11 is 3.02. The summed E-state index contributed by atoms with van der Waals surface area (Å²) in [6, 6.07) is 86.9. The van der Waals surface area contributed by atoms with Gasteiger partial charge in [0, 0.05) is 56.3 Å². The minimum absolute atomic E-state index is 0. The number of carbonyl (C=O) groups is 2. The Morgan fingerprint density at radius 2 is 0.833 bits per heavy atom. The van der Waals surface area contributed by atoms with Crippen molar-refractivity contribution in [1.82, 2.24) is 45.2 Å². The largest absolute Gasteiger partial charge is 2.00 e. The fraction of sp³-hybridized carbons (Fsp3) is 0.192. The fourth-order valence-corrected chi connectivity index (χ4v) is 14.2. The fourth-order valence-electron chi connectivity index (χ4n) is 13.9. The van der Waals surface area contributed by atoms with Gasteiger partial charge in [-0.3, -0.25) is 15.0 Å². The number of benzene rings is 12. The Hall–Kier alpha value is -13.2. The van der Waals surface area contributed by atoms with Gasteiger partial charge in [-0.1, -0.05) is 289 Å². The molecule has 4 aromatic heterocycles. The van der Waals surface area contributed by atoms with E-state index in [0.29, 0.717) is 40.1 Å². The van der Waals surface area contributed by atoms with Crippen molar-refractivity contribution in [1.29, 1.82) is 5.41 Å². The number of Topliss-reactive ketones (excluding diaryl/α,β-unsaturated/α-hetero) is 1. The first-order valence-corrected chi connectivity index (χ1v) is 41.2. The molecule has 16 aromatic rings. The summed E-state index contributed by atoms with van der Waals surface area (Å²) in [7, 11) is 7.48. The van der Waals surface area contributed by atoms with Crippen LogP contribution in [-0.4, -0.2) is 114 Å². The molecule has 0 saturated carbocycles. The minimum Gasteiger partial charge on any atom is -1.00 e. The van der Waals surface area contributed by atoms with Gasteiger partial charge in [0.05, 0.1) is 36.7 Å². The number of aldehydes is 1. The molecule has 16 rings (SSSR count). The smallest absolute Gasteiger partial charge is 1.00 e. The number of aliphatic hydroxyl groups is 1. The first-order valence-electron chi connectivity index (χ1n) is 40.4. The Kier molecular flexibility index (Phi) is 44.1. The molecule has 24 nitrogen and oxygen atoms in total. The molecule has 0 saturated heterocycles. The summed E-state index contributed by atoms with van der Waals surface area (Å²) in [5, 5.41) is 34.1. The van der Waals surface area contributed by atoms with Crippen LogP contribution in [0.25, 0.3) is 85.4 Å². The van der Waals surface area contributed by atoms with E-state index in [1.807, 2.05) is 155 Å². The van der Waals surface area contributed by atoms with Gasteiger partial charge in [0.25, 0.3) is 0 Å². The second-order valence-electron chi connectivity index (χ2n) is 27.4. The summed E-state index contributed by atoms with van der Waals surface area (Å²) in [4.78, 5) is 66.0. The van der Waals surface area contributed by atoms with Crippen molar-refractivity contribution in [3.05, 3.63) is 341 Å². The molecule has 0 bridgehead atoms. The van der Waals surface area contributed by atoms with E-state index < -0.39 is 0 Å². The number of hydrogen-bond donors (Lipinski definition) is 10. The number of fused-ring (bicyclic) bond motifs is 7. The predicted octanol–water partition coefficient (Wildman–Crippen LogP) is 17.8. The second kappa shape index (κ2) is 53.7. The maximum absolute atomic E-state index is 11.6. The molecule has 4 atom stereocenters. The summed E-state index contributed by atoms with van der Waals surface area (Å²) in [6.45, 7) is 29.1. The summed E-state index contributed by atoms with van der Waals surface area (Å²) in [5.74, 6) is 1.79. The predicted molar refractivity (Wildman–Crippen MR) is 524 cm³/mol. The second-order valence-corrected chi connectivity index (χ2v) is 28.1. The number of guanidine groups is 1. The van der Waals surface area contributed by atoms with Crippen molar-refractivity contribution < 1.29 is 31.7 Å². The first kappa shape index (κ1) is 103. The standard InChI is InChI=1S/C20H21N7.C19H19N5.C14H17N.C13H14O.C13H12O.C11H8O.C5H3BrN4.C2H5.CH5N3.CH5N.BrH.Mg/c1-3-16(14-10-6-8-12-7-4-5-9-13(12)14)27(2)20-23-11-15-17(21)24-19(22)25-18(15)26-20;1-4-17(15-11-7-9-13-8-5-6-10-14(13)15)24(3)19-22-12-16(21-2)18(20)23-19;1-3-14(15-2)13-10-6-8-11-7-4-5-9-12(11)13;2*1-2-13(14)12-9-5-7-10-6-3-4-8-11(10)12;12-8-10-6-3-5-9-4-1-2-7-11(9)10;1-8-3-2-9-5(6)10-4(3)7;1-2;2-1(3)4;1-2;;/h4-11,16H,3H2,1-2H3,(H4,21,22,23,24,25,26);5-12,17H,4H2,1,3H3,(H2,20,22,23);4-10,14-15H,3H2,1-2H3;3-9,13-14H,2H2,1H3;3-9H,2H2,1H3;1-8H;2H,(H2,7,9,10);1H2,2H3;(H5,2,3,4);2H2,1H3;1H;/q;;;;;;;-1;;;;+2/p-1. The van der Waals surface area contributed by atoms with Crippen LogP contribution in [0.3, 0.4) is 0 Å². The van der Waals surface area contributed by atoms with Gasteiger partial charge in [0.15, 0.2) is 28.4 Å². The summed E-state index contributed by atoms with van der Waals surface area (Å²) in [6.07, 6.45) is 9.29. The van der Waals surface area contributed by atoms with Crippen molar-refractivity contribution >= 4 is 179 Å². The Morgan fingerprint density at radius 1 is 0.476 bits per heavy atom. The number of aromatic nitrogens is 8.